The van der Waals surface area contributed by atoms with Crippen molar-refractivity contribution >= 4 is 5.78 Å². The maximum atomic E-state index is 13.0. The lowest BCUT2D eigenvalue weighted by Crippen LogP contribution is -2.60. The summed E-state index contributed by atoms with van der Waals surface area (Å²) < 4.78 is 16.5. The van der Waals surface area contributed by atoms with Gasteiger partial charge in [-0.15, -0.1) is 0 Å². The summed E-state index contributed by atoms with van der Waals surface area (Å²) in [4.78, 5) is 13.0. The molecule has 0 amide bonds. The Hall–Kier alpha value is -2.93. The van der Waals surface area contributed by atoms with Crippen LogP contribution in [0.5, 0.6) is 23.0 Å². The fraction of sp³-hybridized carbons (Fsp3) is 0.381. The van der Waals surface area contributed by atoms with Gasteiger partial charge in [0.05, 0.1) is 6.61 Å². The SMILES string of the molecule is O=C1c2c(OC3OC(CO)C(O)C(O)C3O)cc(O)cc2OC(c2ccc(O)cc2)C1O. The van der Waals surface area contributed by atoms with Gasteiger partial charge in [0.15, 0.2) is 12.2 Å². The maximum absolute atomic E-state index is 13.0. The van der Waals surface area contributed by atoms with E-state index in [1.165, 1.54) is 24.3 Å². The Balaban J connectivity index is 1.67. The minimum atomic E-state index is -1.75. The van der Waals surface area contributed by atoms with Crippen LogP contribution in [-0.4, -0.2) is 84.9 Å². The number of phenolic OH excluding ortho intramolecular Hbond substituents is 2. The van der Waals surface area contributed by atoms with Crippen LogP contribution >= 0.6 is 0 Å². The Morgan fingerprint density at radius 2 is 1.59 bits per heavy atom. The first kappa shape index (κ1) is 22.3. The first-order valence-electron chi connectivity index (χ1n) is 9.73. The number of carbonyl (C=O) groups excluding carboxylic acids is 1. The van der Waals surface area contributed by atoms with Crippen molar-refractivity contribution in [2.45, 2.75) is 42.9 Å². The number of benzene rings is 2. The van der Waals surface area contributed by atoms with Crippen molar-refractivity contribution in [1.82, 2.24) is 0 Å². The number of aliphatic hydroxyl groups is 5. The van der Waals surface area contributed by atoms with Gasteiger partial charge in [-0.2, -0.15) is 0 Å². The molecule has 0 radical (unpaired) electrons. The molecule has 11 nitrogen and oxygen atoms in total. The van der Waals surface area contributed by atoms with Gasteiger partial charge in [0.1, 0.15) is 53.0 Å². The molecule has 4 rings (SSSR count). The molecule has 0 aromatic heterocycles. The minimum absolute atomic E-state index is 0.0152. The molecule has 2 aromatic rings. The number of carbonyl (C=O) groups is 1. The standard InChI is InChI=1S/C21H22O11/c22-7-13-15(25)17(27)19(29)21(32-13)31-12-6-10(24)5-11-14(12)16(26)18(28)20(30-11)8-1-3-9(23)4-2-8/h1-6,13,15,17-25,27-29H,7H2. The molecule has 32 heavy (non-hydrogen) atoms. The average Bonchev–Trinajstić information content (AvgIpc) is 2.77. The first-order chi connectivity index (χ1) is 15.2. The lowest BCUT2D eigenvalue weighted by molar-refractivity contribution is -0.277. The quantitative estimate of drug-likeness (QED) is 0.301. The van der Waals surface area contributed by atoms with E-state index in [-0.39, 0.29) is 28.6 Å². The number of aromatic hydroxyl groups is 2. The van der Waals surface area contributed by atoms with Gasteiger partial charge in [0.2, 0.25) is 12.1 Å². The van der Waals surface area contributed by atoms with E-state index in [9.17, 15) is 40.5 Å². The van der Waals surface area contributed by atoms with Crippen molar-refractivity contribution < 1.29 is 54.8 Å². The van der Waals surface area contributed by atoms with Crippen molar-refractivity contribution in [2.24, 2.45) is 0 Å². The summed E-state index contributed by atoms with van der Waals surface area (Å²) in [5.41, 5.74) is 0.163. The van der Waals surface area contributed by atoms with Crippen LogP contribution in [0.1, 0.15) is 22.0 Å². The van der Waals surface area contributed by atoms with Crippen molar-refractivity contribution in [3.05, 3.63) is 47.5 Å². The summed E-state index contributed by atoms with van der Waals surface area (Å²) in [6, 6.07) is 7.84. The second kappa shape index (κ2) is 8.54. The fourth-order valence-electron chi connectivity index (χ4n) is 3.70. The molecule has 2 aromatic carbocycles. The molecule has 2 heterocycles. The zero-order chi connectivity index (χ0) is 23.2. The van der Waals surface area contributed by atoms with E-state index < -0.39 is 55.3 Å². The maximum Gasteiger partial charge on any atom is 0.229 e. The molecule has 2 aliphatic rings. The number of hydrogen-bond acceptors (Lipinski definition) is 11. The van der Waals surface area contributed by atoms with Crippen LogP contribution in [0.25, 0.3) is 0 Å². The smallest absolute Gasteiger partial charge is 0.229 e. The fourth-order valence-corrected chi connectivity index (χ4v) is 3.70. The Labute approximate surface area is 181 Å². The number of rotatable bonds is 4. The van der Waals surface area contributed by atoms with Gasteiger partial charge in [-0.1, -0.05) is 12.1 Å². The molecule has 0 saturated carbocycles. The first-order valence-corrected chi connectivity index (χ1v) is 9.73. The summed E-state index contributed by atoms with van der Waals surface area (Å²) >= 11 is 0. The Kier molecular flexibility index (Phi) is 5.95. The Morgan fingerprint density at radius 3 is 2.25 bits per heavy atom. The van der Waals surface area contributed by atoms with Gasteiger partial charge < -0.3 is 50.0 Å². The van der Waals surface area contributed by atoms with Gasteiger partial charge >= 0.3 is 0 Å². The van der Waals surface area contributed by atoms with Crippen molar-refractivity contribution in [3.8, 4) is 23.0 Å². The Morgan fingerprint density at radius 1 is 0.906 bits per heavy atom. The molecule has 0 spiro atoms. The van der Waals surface area contributed by atoms with E-state index in [0.29, 0.717) is 5.56 Å². The summed E-state index contributed by atoms with van der Waals surface area (Å²) in [6.07, 6.45) is -10.7. The number of ketones is 1. The van der Waals surface area contributed by atoms with E-state index in [2.05, 4.69) is 0 Å². The molecule has 0 bridgehead atoms. The van der Waals surface area contributed by atoms with Crippen LogP contribution in [-0.2, 0) is 4.74 Å². The van der Waals surface area contributed by atoms with E-state index in [1.54, 1.807) is 0 Å². The predicted molar refractivity (Wildman–Crippen MR) is 104 cm³/mol. The predicted octanol–water partition coefficient (Wildman–Crippen LogP) is -1.05. The molecule has 7 N–H and O–H groups in total. The van der Waals surface area contributed by atoms with E-state index in [4.69, 9.17) is 14.2 Å². The largest absolute Gasteiger partial charge is 0.508 e. The Bertz CT molecular complexity index is 990. The molecule has 0 aliphatic carbocycles. The van der Waals surface area contributed by atoms with Crippen molar-refractivity contribution in [2.75, 3.05) is 6.61 Å². The zero-order valence-corrected chi connectivity index (χ0v) is 16.5. The lowest BCUT2D eigenvalue weighted by Gasteiger charge is -2.40. The summed E-state index contributed by atoms with van der Waals surface area (Å²) in [7, 11) is 0. The van der Waals surface area contributed by atoms with Gasteiger partial charge in [-0.05, 0) is 17.7 Å². The minimum Gasteiger partial charge on any atom is -0.508 e. The normalized spacial score (nSPS) is 32.2. The molecular weight excluding hydrogens is 428 g/mol. The molecule has 172 valence electrons. The number of Topliss-reactive ketones (excluding diaryl/α,β-unsaturated/α-hetero) is 1. The third-order valence-corrected chi connectivity index (χ3v) is 5.42. The van der Waals surface area contributed by atoms with Crippen LogP contribution in [0.3, 0.4) is 0 Å². The summed E-state index contributed by atoms with van der Waals surface area (Å²) in [6.45, 7) is -0.683. The van der Waals surface area contributed by atoms with Crippen molar-refractivity contribution in [1.29, 1.82) is 0 Å². The highest BCUT2D eigenvalue weighted by Gasteiger charge is 2.46. The molecule has 1 saturated heterocycles. The van der Waals surface area contributed by atoms with Gasteiger partial charge in [-0.3, -0.25) is 4.79 Å². The second-order valence-corrected chi connectivity index (χ2v) is 7.57. The second-order valence-electron chi connectivity index (χ2n) is 7.57. The van der Waals surface area contributed by atoms with Crippen LogP contribution in [0, 0.1) is 0 Å². The highest BCUT2D eigenvalue weighted by molar-refractivity contribution is 6.05. The highest BCUT2D eigenvalue weighted by Crippen LogP contribution is 2.43. The lowest BCUT2D eigenvalue weighted by atomic mass is 9.92. The summed E-state index contributed by atoms with van der Waals surface area (Å²) in [5.74, 6) is -1.60. The molecule has 11 heteroatoms. The number of phenols is 2. The number of fused-ring (bicyclic) bond motifs is 1. The van der Waals surface area contributed by atoms with Gasteiger partial charge in [0.25, 0.3) is 0 Å². The number of aliphatic hydroxyl groups excluding tert-OH is 5. The van der Waals surface area contributed by atoms with Crippen LogP contribution in [0.15, 0.2) is 36.4 Å². The number of hydrogen-bond donors (Lipinski definition) is 7. The van der Waals surface area contributed by atoms with Crippen LogP contribution in [0.2, 0.25) is 0 Å². The van der Waals surface area contributed by atoms with E-state index in [0.717, 1.165) is 12.1 Å². The third kappa shape index (κ3) is 3.86. The van der Waals surface area contributed by atoms with Crippen molar-refractivity contribution in [3.63, 3.8) is 0 Å². The van der Waals surface area contributed by atoms with Crippen LogP contribution < -0.4 is 9.47 Å². The van der Waals surface area contributed by atoms with Gasteiger partial charge in [-0.25, -0.2) is 0 Å². The topological polar surface area (TPSA) is 186 Å². The molecule has 2 aliphatic heterocycles. The highest BCUT2D eigenvalue weighted by atomic mass is 16.7. The molecule has 7 unspecified atom stereocenters. The number of ether oxygens (including phenoxy) is 3. The van der Waals surface area contributed by atoms with Crippen LogP contribution in [0.4, 0.5) is 0 Å². The molecule has 1 fully saturated rings. The monoisotopic (exact) mass is 450 g/mol. The molecular formula is C21H22O11. The molecule has 7 atom stereocenters. The van der Waals surface area contributed by atoms with Gasteiger partial charge in [0, 0.05) is 12.1 Å². The van der Waals surface area contributed by atoms with E-state index in [1.807, 2.05) is 0 Å². The average molecular weight is 450 g/mol. The zero-order valence-electron chi connectivity index (χ0n) is 16.5. The third-order valence-electron chi connectivity index (χ3n) is 5.42. The summed E-state index contributed by atoms with van der Waals surface area (Å²) in [5, 5.41) is 69.5. The van der Waals surface area contributed by atoms with E-state index >= 15 is 0 Å².